The fourth-order valence-electron chi connectivity index (χ4n) is 4.22. The first-order valence-electron chi connectivity index (χ1n) is 9.03. The third-order valence-corrected chi connectivity index (χ3v) is 5.55. The van der Waals surface area contributed by atoms with Gasteiger partial charge in [-0.05, 0) is 53.8 Å². The van der Waals surface area contributed by atoms with E-state index in [1.165, 1.54) is 7.11 Å². The highest BCUT2D eigenvalue weighted by Crippen LogP contribution is 2.50. The molecule has 4 rings (SSSR count). The molecular weight excluding hydrogens is 342 g/mol. The van der Waals surface area contributed by atoms with Crippen LogP contribution in [0.4, 0.5) is 5.69 Å². The molecule has 0 saturated carbocycles. The number of ether oxygens (including phenoxy) is 3. The van der Waals surface area contributed by atoms with E-state index < -0.39 is 0 Å². The third-order valence-electron chi connectivity index (χ3n) is 5.55. The van der Waals surface area contributed by atoms with Gasteiger partial charge >= 0.3 is 5.97 Å². The molecule has 0 radical (unpaired) electrons. The van der Waals surface area contributed by atoms with Gasteiger partial charge in [0, 0.05) is 11.6 Å². The first kappa shape index (κ1) is 17.5. The van der Waals surface area contributed by atoms with Crippen molar-refractivity contribution in [3.8, 4) is 11.5 Å². The van der Waals surface area contributed by atoms with E-state index in [1.807, 2.05) is 30.3 Å². The van der Waals surface area contributed by atoms with Crippen LogP contribution in [0.15, 0.2) is 48.6 Å². The van der Waals surface area contributed by atoms with Gasteiger partial charge in [0.15, 0.2) is 11.5 Å². The Hall–Kier alpha value is -2.95. The predicted molar refractivity (Wildman–Crippen MR) is 104 cm³/mol. The number of rotatable bonds is 4. The van der Waals surface area contributed by atoms with Gasteiger partial charge in [-0.15, -0.1) is 0 Å². The average molecular weight is 365 g/mol. The Morgan fingerprint density at radius 1 is 1.04 bits per heavy atom. The normalized spacial score (nSPS) is 22.4. The number of hydrogen-bond donors (Lipinski definition) is 1. The molecule has 27 heavy (non-hydrogen) atoms. The van der Waals surface area contributed by atoms with Crippen molar-refractivity contribution in [2.75, 3.05) is 26.6 Å². The van der Waals surface area contributed by atoms with E-state index >= 15 is 0 Å². The highest BCUT2D eigenvalue weighted by molar-refractivity contribution is 5.90. The molecule has 3 atom stereocenters. The molecule has 0 saturated heterocycles. The summed E-state index contributed by atoms with van der Waals surface area (Å²) < 4.78 is 15.7. The molecule has 5 nitrogen and oxygen atoms in total. The second-order valence-corrected chi connectivity index (χ2v) is 6.88. The molecule has 2 aromatic rings. The van der Waals surface area contributed by atoms with Gasteiger partial charge < -0.3 is 19.5 Å². The summed E-state index contributed by atoms with van der Waals surface area (Å²) in [7, 11) is 4.70. The van der Waals surface area contributed by atoms with Gasteiger partial charge in [0.05, 0.1) is 32.9 Å². The maximum Gasteiger partial charge on any atom is 0.337 e. The number of anilines is 1. The predicted octanol–water partition coefficient (Wildman–Crippen LogP) is 4.32. The summed E-state index contributed by atoms with van der Waals surface area (Å²) in [6, 6.07) is 12.0. The summed E-state index contributed by atoms with van der Waals surface area (Å²) in [5.41, 5.74) is 3.94. The zero-order valence-corrected chi connectivity index (χ0v) is 15.7. The Morgan fingerprint density at radius 3 is 2.59 bits per heavy atom. The molecule has 1 heterocycles. The number of fused-ring (bicyclic) bond motifs is 3. The van der Waals surface area contributed by atoms with Crippen molar-refractivity contribution in [2.24, 2.45) is 5.92 Å². The molecule has 0 spiro atoms. The zero-order chi connectivity index (χ0) is 19.0. The molecule has 0 fully saturated rings. The lowest BCUT2D eigenvalue weighted by molar-refractivity contribution is 0.0600. The largest absolute Gasteiger partial charge is 0.493 e. The lowest BCUT2D eigenvalue weighted by atomic mass is 9.76. The van der Waals surface area contributed by atoms with E-state index in [9.17, 15) is 4.79 Å². The standard InChI is InChI=1S/C22H23NO4/c1-25-19-10-8-13(12-20(19)26-2)21-16-6-4-5-15(16)17-11-14(22(24)27-3)7-9-18(17)23-21/h4-5,7-12,15-16,21,23H,6H2,1-3H3. The Bertz CT molecular complexity index is 905. The highest BCUT2D eigenvalue weighted by atomic mass is 16.5. The minimum atomic E-state index is -0.307. The van der Waals surface area contributed by atoms with Gasteiger partial charge in [0.1, 0.15) is 0 Å². The van der Waals surface area contributed by atoms with E-state index in [2.05, 4.69) is 23.5 Å². The van der Waals surface area contributed by atoms with E-state index in [0.29, 0.717) is 11.5 Å². The summed E-state index contributed by atoms with van der Waals surface area (Å²) in [4.78, 5) is 11.9. The SMILES string of the molecule is COC(=O)c1ccc2c(c1)C1C=CCC1C(c1ccc(OC)c(OC)c1)N2. The Balaban J connectivity index is 1.73. The highest BCUT2D eigenvalue weighted by Gasteiger charge is 2.38. The van der Waals surface area contributed by atoms with Crippen molar-refractivity contribution in [1.82, 2.24) is 0 Å². The fourth-order valence-corrected chi connectivity index (χ4v) is 4.22. The lowest BCUT2D eigenvalue weighted by Gasteiger charge is -2.37. The minimum absolute atomic E-state index is 0.154. The summed E-state index contributed by atoms with van der Waals surface area (Å²) in [6.45, 7) is 0. The molecule has 1 N–H and O–H groups in total. The van der Waals surface area contributed by atoms with Gasteiger partial charge in [0.2, 0.25) is 0 Å². The molecule has 1 aliphatic carbocycles. The van der Waals surface area contributed by atoms with Crippen molar-refractivity contribution in [3.05, 3.63) is 65.2 Å². The molecule has 0 bridgehead atoms. The van der Waals surface area contributed by atoms with E-state index in [1.54, 1.807) is 14.2 Å². The first-order chi connectivity index (χ1) is 13.2. The van der Waals surface area contributed by atoms with Crippen molar-refractivity contribution in [2.45, 2.75) is 18.4 Å². The van der Waals surface area contributed by atoms with Crippen LogP contribution >= 0.6 is 0 Å². The second kappa shape index (κ2) is 6.99. The average Bonchev–Trinajstić information content (AvgIpc) is 3.21. The van der Waals surface area contributed by atoms with E-state index in [0.717, 1.165) is 34.7 Å². The van der Waals surface area contributed by atoms with Crippen LogP contribution in [0.5, 0.6) is 11.5 Å². The first-order valence-corrected chi connectivity index (χ1v) is 9.03. The number of esters is 1. The molecular formula is C22H23NO4. The number of hydrogen-bond acceptors (Lipinski definition) is 5. The minimum Gasteiger partial charge on any atom is -0.493 e. The summed E-state index contributed by atoms with van der Waals surface area (Å²) in [5, 5.41) is 3.67. The summed E-state index contributed by atoms with van der Waals surface area (Å²) in [5.74, 6) is 1.79. The molecule has 0 aromatic heterocycles. The maximum absolute atomic E-state index is 11.9. The molecule has 0 amide bonds. The summed E-state index contributed by atoms with van der Waals surface area (Å²) >= 11 is 0. The van der Waals surface area contributed by atoms with Crippen LogP contribution in [0.1, 0.15) is 39.9 Å². The van der Waals surface area contributed by atoms with Gasteiger partial charge in [-0.1, -0.05) is 18.2 Å². The van der Waals surface area contributed by atoms with Crippen LogP contribution < -0.4 is 14.8 Å². The molecule has 5 heteroatoms. The number of carbonyl (C=O) groups excluding carboxylic acids is 1. The van der Waals surface area contributed by atoms with E-state index in [-0.39, 0.29) is 17.9 Å². The Kier molecular flexibility index (Phi) is 4.52. The topological polar surface area (TPSA) is 56.8 Å². The molecule has 1 aliphatic heterocycles. The van der Waals surface area contributed by atoms with Crippen LogP contribution in [-0.4, -0.2) is 27.3 Å². The zero-order valence-electron chi connectivity index (χ0n) is 15.7. The number of benzene rings is 2. The smallest absolute Gasteiger partial charge is 0.337 e. The van der Waals surface area contributed by atoms with Crippen LogP contribution in [0, 0.1) is 5.92 Å². The Labute approximate surface area is 158 Å². The van der Waals surface area contributed by atoms with Crippen LogP contribution in [0.25, 0.3) is 0 Å². The summed E-state index contributed by atoms with van der Waals surface area (Å²) in [6.07, 6.45) is 5.46. The van der Waals surface area contributed by atoms with Crippen LogP contribution in [-0.2, 0) is 4.74 Å². The van der Waals surface area contributed by atoms with Crippen LogP contribution in [0.3, 0.4) is 0 Å². The number of methoxy groups -OCH3 is 3. The van der Waals surface area contributed by atoms with Gasteiger partial charge in [-0.25, -0.2) is 4.79 Å². The van der Waals surface area contributed by atoms with Gasteiger partial charge in [0.25, 0.3) is 0 Å². The second-order valence-electron chi connectivity index (χ2n) is 6.88. The quantitative estimate of drug-likeness (QED) is 0.646. The van der Waals surface area contributed by atoms with Crippen molar-refractivity contribution >= 4 is 11.7 Å². The molecule has 140 valence electrons. The monoisotopic (exact) mass is 365 g/mol. The van der Waals surface area contributed by atoms with Crippen molar-refractivity contribution in [3.63, 3.8) is 0 Å². The lowest BCUT2D eigenvalue weighted by Crippen LogP contribution is -2.29. The third kappa shape index (κ3) is 2.93. The van der Waals surface area contributed by atoms with Crippen molar-refractivity contribution in [1.29, 1.82) is 0 Å². The van der Waals surface area contributed by atoms with Gasteiger partial charge in [-0.3, -0.25) is 0 Å². The van der Waals surface area contributed by atoms with Gasteiger partial charge in [-0.2, -0.15) is 0 Å². The Morgan fingerprint density at radius 2 is 1.85 bits per heavy atom. The number of carbonyl (C=O) groups is 1. The van der Waals surface area contributed by atoms with Crippen LogP contribution in [0.2, 0.25) is 0 Å². The number of nitrogens with one attached hydrogen (secondary N) is 1. The fraction of sp³-hybridized carbons (Fsp3) is 0.318. The molecule has 3 unspecified atom stereocenters. The number of allylic oxidation sites excluding steroid dienone is 2. The van der Waals surface area contributed by atoms with Crippen molar-refractivity contribution < 1.29 is 19.0 Å². The van der Waals surface area contributed by atoms with E-state index in [4.69, 9.17) is 14.2 Å². The molecule has 2 aromatic carbocycles. The maximum atomic E-state index is 11.9. The molecule has 2 aliphatic rings.